The lowest BCUT2D eigenvalue weighted by Gasteiger charge is -2.08. The minimum atomic E-state index is -0.624. The maximum atomic E-state index is 12.2. The SMILES string of the molecule is Cc1ccc(NC(=O)c2ccc(Cl)cc2[N+](=O)[O-])cc1C. The molecule has 2 aromatic rings. The number of hydrogen-bond donors (Lipinski definition) is 1. The van der Waals surface area contributed by atoms with Gasteiger partial charge < -0.3 is 5.32 Å². The Labute approximate surface area is 126 Å². The lowest BCUT2D eigenvalue weighted by Crippen LogP contribution is -2.14. The second-order valence-electron chi connectivity index (χ2n) is 4.67. The minimum Gasteiger partial charge on any atom is -0.322 e. The first-order chi connectivity index (χ1) is 9.88. The maximum absolute atomic E-state index is 12.2. The Hall–Kier alpha value is -2.40. The summed E-state index contributed by atoms with van der Waals surface area (Å²) in [6.07, 6.45) is 0. The molecule has 0 aliphatic rings. The van der Waals surface area contributed by atoms with E-state index in [0.29, 0.717) is 5.69 Å². The summed E-state index contributed by atoms with van der Waals surface area (Å²) in [6.45, 7) is 3.89. The van der Waals surface area contributed by atoms with Crippen molar-refractivity contribution in [3.63, 3.8) is 0 Å². The van der Waals surface area contributed by atoms with Gasteiger partial charge in [-0.25, -0.2) is 0 Å². The predicted octanol–water partition coefficient (Wildman–Crippen LogP) is 4.12. The Morgan fingerprint density at radius 1 is 1.14 bits per heavy atom. The van der Waals surface area contributed by atoms with Crippen molar-refractivity contribution in [2.24, 2.45) is 0 Å². The largest absolute Gasteiger partial charge is 0.322 e. The molecular formula is C15H13ClN2O3. The van der Waals surface area contributed by atoms with Gasteiger partial charge >= 0.3 is 0 Å². The molecule has 1 N–H and O–H groups in total. The highest BCUT2D eigenvalue weighted by atomic mass is 35.5. The molecule has 0 unspecified atom stereocenters. The van der Waals surface area contributed by atoms with Crippen molar-refractivity contribution in [1.82, 2.24) is 0 Å². The zero-order valence-electron chi connectivity index (χ0n) is 11.5. The number of nitro groups is 1. The van der Waals surface area contributed by atoms with Gasteiger partial charge in [0.05, 0.1) is 4.92 Å². The minimum absolute atomic E-state index is 0.0253. The molecule has 0 heterocycles. The van der Waals surface area contributed by atoms with Crippen LogP contribution in [0.2, 0.25) is 5.02 Å². The molecule has 21 heavy (non-hydrogen) atoms. The van der Waals surface area contributed by atoms with E-state index in [-0.39, 0.29) is 16.3 Å². The fourth-order valence-electron chi connectivity index (χ4n) is 1.87. The van der Waals surface area contributed by atoms with Gasteiger partial charge in [0.1, 0.15) is 5.56 Å². The highest BCUT2D eigenvalue weighted by Gasteiger charge is 2.20. The number of halogens is 1. The van der Waals surface area contributed by atoms with Gasteiger partial charge in [0.2, 0.25) is 0 Å². The number of nitro benzene ring substituents is 1. The number of hydrogen-bond acceptors (Lipinski definition) is 3. The zero-order valence-corrected chi connectivity index (χ0v) is 12.3. The summed E-state index contributed by atoms with van der Waals surface area (Å²) >= 11 is 5.73. The Morgan fingerprint density at radius 3 is 2.48 bits per heavy atom. The monoisotopic (exact) mass is 304 g/mol. The van der Waals surface area contributed by atoms with E-state index in [2.05, 4.69) is 5.32 Å². The Bertz CT molecular complexity index is 729. The molecule has 2 aromatic carbocycles. The van der Waals surface area contributed by atoms with Crippen molar-refractivity contribution in [2.45, 2.75) is 13.8 Å². The van der Waals surface area contributed by atoms with Crippen molar-refractivity contribution in [3.8, 4) is 0 Å². The number of nitrogens with one attached hydrogen (secondary N) is 1. The number of aryl methyl sites for hydroxylation is 2. The van der Waals surface area contributed by atoms with Gasteiger partial charge in [-0.3, -0.25) is 14.9 Å². The van der Waals surface area contributed by atoms with Gasteiger partial charge in [0, 0.05) is 16.8 Å². The first kappa shape index (κ1) is 15.0. The van der Waals surface area contributed by atoms with E-state index in [4.69, 9.17) is 11.6 Å². The number of carbonyl (C=O) groups is 1. The average Bonchev–Trinajstić information content (AvgIpc) is 2.42. The maximum Gasteiger partial charge on any atom is 0.283 e. The van der Waals surface area contributed by atoms with Crippen molar-refractivity contribution in [1.29, 1.82) is 0 Å². The molecule has 0 fully saturated rings. The molecule has 2 rings (SSSR count). The molecule has 0 saturated heterocycles. The van der Waals surface area contributed by atoms with Crippen LogP contribution in [0, 0.1) is 24.0 Å². The first-order valence-corrected chi connectivity index (χ1v) is 6.59. The van der Waals surface area contributed by atoms with Crippen molar-refractivity contribution in [3.05, 3.63) is 68.2 Å². The third-order valence-electron chi connectivity index (χ3n) is 3.17. The van der Waals surface area contributed by atoms with Crippen LogP contribution in [0.15, 0.2) is 36.4 Å². The van der Waals surface area contributed by atoms with Crippen LogP contribution < -0.4 is 5.32 Å². The number of rotatable bonds is 3. The fraction of sp³-hybridized carbons (Fsp3) is 0.133. The van der Waals surface area contributed by atoms with Crippen LogP contribution in [-0.4, -0.2) is 10.8 Å². The Balaban J connectivity index is 2.32. The molecule has 0 saturated carbocycles. The summed E-state index contributed by atoms with van der Waals surface area (Å²) in [7, 11) is 0. The Kier molecular flexibility index (Phi) is 4.23. The van der Waals surface area contributed by atoms with E-state index in [1.165, 1.54) is 12.1 Å². The van der Waals surface area contributed by atoms with Crippen LogP contribution in [0.4, 0.5) is 11.4 Å². The van der Waals surface area contributed by atoms with E-state index in [1.54, 1.807) is 6.07 Å². The number of benzene rings is 2. The fourth-order valence-corrected chi connectivity index (χ4v) is 2.03. The second-order valence-corrected chi connectivity index (χ2v) is 5.11. The van der Waals surface area contributed by atoms with Crippen LogP contribution in [0.1, 0.15) is 21.5 Å². The quantitative estimate of drug-likeness (QED) is 0.685. The standard InChI is InChI=1S/C15H13ClN2O3/c1-9-3-5-12(7-10(9)2)17-15(19)13-6-4-11(16)8-14(13)18(20)21/h3-8H,1-2H3,(H,17,19). The topological polar surface area (TPSA) is 72.2 Å². The summed E-state index contributed by atoms with van der Waals surface area (Å²) in [4.78, 5) is 22.6. The van der Waals surface area contributed by atoms with E-state index in [0.717, 1.165) is 17.2 Å². The normalized spacial score (nSPS) is 10.2. The van der Waals surface area contributed by atoms with E-state index >= 15 is 0 Å². The van der Waals surface area contributed by atoms with E-state index in [1.807, 2.05) is 26.0 Å². The summed E-state index contributed by atoms with van der Waals surface area (Å²) in [5.74, 6) is -0.540. The number of nitrogens with zero attached hydrogens (tertiary/aromatic N) is 1. The van der Waals surface area contributed by atoms with Gasteiger partial charge in [0.25, 0.3) is 11.6 Å². The van der Waals surface area contributed by atoms with Crippen LogP contribution in [0.25, 0.3) is 0 Å². The summed E-state index contributed by atoms with van der Waals surface area (Å²) in [5.41, 5.74) is 2.38. The zero-order chi connectivity index (χ0) is 15.6. The van der Waals surface area contributed by atoms with Crippen LogP contribution >= 0.6 is 11.6 Å². The van der Waals surface area contributed by atoms with Crippen LogP contribution in [0.5, 0.6) is 0 Å². The van der Waals surface area contributed by atoms with Gasteiger partial charge in [0.15, 0.2) is 0 Å². The molecular weight excluding hydrogens is 292 g/mol. The van der Waals surface area contributed by atoms with Gasteiger partial charge in [-0.1, -0.05) is 17.7 Å². The van der Waals surface area contributed by atoms with Crippen LogP contribution in [0.3, 0.4) is 0 Å². The molecule has 0 atom stereocenters. The molecule has 5 nitrogen and oxygen atoms in total. The molecule has 0 spiro atoms. The molecule has 0 aliphatic heterocycles. The van der Waals surface area contributed by atoms with E-state index in [9.17, 15) is 14.9 Å². The first-order valence-electron chi connectivity index (χ1n) is 6.21. The molecule has 108 valence electrons. The highest BCUT2D eigenvalue weighted by Crippen LogP contribution is 2.24. The van der Waals surface area contributed by atoms with Gasteiger partial charge in [-0.15, -0.1) is 0 Å². The number of anilines is 1. The van der Waals surface area contributed by atoms with Crippen molar-refractivity contribution >= 4 is 28.9 Å². The molecule has 6 heteroatoms. The summed E-state index contributed by atoms with van der Waals surface area (Å²) in [5, 5.41) is 13.9. The number of amides is 1. The highest BCUT2D eigenvalue weighted by molar-refractivity contribution is 6.31. The van der Waals surface area contributed by atoms with Crippen molar-refractivity contribution < 1.29 is 9.72 Å². The molecule has 1 amide bonds. The smallest absolute Gasteiger partial charge is 0.283 e. The second kappa shape index (κ2) is 5.93. The third-order valence-corrected chi connectivity index (χ3v) is 3.40. The van der Waals surface area contributed by atoms with Gasteiger partial charge in [-0.05, 0) is 49.2 Å². The lowest BCUT2D eigenvalue weighted by atomic mass is 10.1. The molecule has 0 bridgehead atoms. The van der Waals surface area contributed by atoms with Crippen molar-refractivity contribution in [2.75, 3.05) is 5.32 Å². The number of carbonyl (C=O) groups excluding carboxylic acids is 1. The lowest BCUT2D eigenvalue weighted by molar-refractivity contribution is -0.385. The summed E-state index contributed by atoms with van der Waals surface area (Å²) < 4.78 is 0. The Morgan fingerprint density at radius 2 is 1.86 bits per heavy atom. The molecule has 0 aromatic heterocycles. The van der Waals surface area contributed by atoms with E-state index < -0.39 is 10.8 Å². The van der Waals surface area contributed by atoms with Gasteiger partial charge in [-0.2, -0.15) is 0 Å². The third kappa shape index (κ3) is 3.38. The molecule has 0 aliphatic carbocycles. The average molecular weight is 305 g/mol. The molecule has 0 radical (unpaired) electrons. The van der Waals surface area contributed by atoms with Crippen LogP contribution in [-0.2, 0) is 0 Å². The predicted molar refractivity (Wildman–Crippen MR) is 82.0 cm³/mol. The summed E-state index contributed by atoms with van der Waals surface area (Å²) in [6, 6.07) is 9.40.